The maximum absolute atomic E-state index is 13.0. The normalized spacial score (nSPS) is 22.1. The Morgan fingerprint density at radius 3 is 3.06 bits per heavy atom. The molecule has 1 atom stereocenters. The number of hydrogen-bond donors (Lipinski definition) is 1. The van der Waals surface area contributed by atoms with Gasteiger partial charge in [0.15, 0.2) is 0 Å². The van der Waals surface area contributed by atoms with Crippen LogP contribution in [0.1, 0.15) is 26.2 Å². The van der Waals surface area contributed by atoms with Gasteiger partial charge in [-0.2, -0.15) is 0 Å². The molecule has 4 heteroatoms. The molecule has 1 fully saturated rings. The van der Waals surface area contributed by atoms with Crippen LogP contribution in [-0.4, -0.2) is 35.6 Å². The zero-order valence-electron chi connectivity index (χ0n) is 10.3. The number of pyridine rings is 1. The Bertz CT molecular complexity index is 356. The molecule has 17 heavy (non-hydrogen) atoms. The Labute approximate surface area is 102 Å². The fourth-order valence-corrected chi connectivity index (χ4v) is 2.34. The fraction of sp³-hybridized carbons (Fsp3) is 0.615. The van der Waals surface area contributed by atoms with E-state index in [0.29, 0.717) is 6.04 Å². The van der Waals surface area contributed by atoms with Gasteiger partial charge in [-0.25, -0.2) is 4.39 Å². The monoisotopic (exact) mass is 237 g/mol. The number of aromatic nitrogens is 1. The summed E-state index contributed by atoms with van der Waals surface area (Å²) in [5, 5.41) is 3.38. The van der Waals surface area contributed by atoms with Gasteiger partial charge in [0.05, 0.1) is 18.1 Å². The standard InChI is InChI=1S/C13H20FN3/c1-2-17-6-3-4-12(5-7-17)16-13-8-11(14)9-15-10-13/h8-10,12,16H,2-7H2,1H3. The first-order valence-corrected chi connectivity index (χ1v) is 6.37. The molecule has 1 saturated heterocycles. The number of anilines is 1. The summed E-state index contributed by atoms with van der Waals surface area (Å²) < 4.78 is 13.0. The predicted octanol–water partition coefficient (Wildman–Crippen LogP) is 2.51. The average Bonchev–Trinajstić information content (AvgIpc) is 2.54. The van der Waals surface area contributed by atoms with Gasteiger partial charge in [0.1, 0.15) is 5.82 Å². The van der Waals surface area contributed by atoms with Crippen molar-refractivity contribution in [2.75, 3.05) is 25.0 Å². The molecule has 1 unspecified atom stereocenters. The minimum atomic E-state index is -0.279. The third-order valence-electron chi connectivity index (χ3n) is 3.34. The van der Waals surface area contributed by atoms with Gasteiger partial charge < -0.3 is 10.2 Å². The van der Waals surface area contributed by atoms with Crippen LogP contribution in [0.15, 0.2) is 18.5 Å². The lowest BCUT2D eigenvalue weighted by Crippen LogP contribution is -2.26. The van der Waals surface area contributed by atoms with Crippen molar-refractivity contribution in [3.8, 4) is 0 Å². The van der Waals surface area contributed by atoms with Crippen molar-refractivity contribution in [3.05, 3.63) is 24.3 Å². The van der Waals surface area contributed by atoms with E-state index in [1.165, 1.54) is 25.2 Å². The van der Waals surface area contributed by atoms with Crippen LogP contribution in [0.2, 0.25) is 0 Å². The largest absolute Gasteiger partial charge is 0.381 e. The zero-order valence-corrected chi connectivity index (χ0v) is 10.3. The third kappa shape index (κ3) is 3.66. The van der Waals surface area contributed by atoms with Crippen LogP contribution in [0.5, 0.6) is 0 Å². The molecule has 3 nitrogen and oxygen atoms in total. The Kier molecular flexibility index (Phi) is 4.31. The average molecular weight is 237 g/mol. The third-order valence-corrected chi connectivity index (χ3v) is 3.34. The maximum Gasteiger partial charge on any atom is 0.143 e. The van der Waals surface area contributed by atoms with E-state index in [9.17, 15) is 4.39 Å². The van der Waals surface area contributed by atoms with Crippen LogP contribution >= 0.6 is 0 Å². The predicted molar refractivity (Wildman–Crippen MR) is 67.6 cm³/mol. The second kappa shape index (κ2) is 5.96. The maximum atomic E-state index is 13.0. The summed E-state index contributed by atoms with van der Waals surface area (Å²) in [4.78, 5) is 6.32. The van der Waals surface area contributed by atoms with Crippen molar-refractivity contribution in [2.45, 2.75) is 32.2 Å². The van der Waals surface area contributed by atoms with Gasteiger partial charge in [0.25, 0.3) is 0 Å². The molecule has 0 saturated carbocycles. The topological polar surface area (TPSA) is 28.2 Å². The summed E-state index contributed by atoms with van der Waals surface area (Å²) in [6.45, 7) is 5.62. The van der Waals surface area contributed by atoms with E-state index in [2.05, 4.69) is 22.1 Å². The van der Waals surface area contributed by atoms with E-state index >= 15 is 0 Å². The molecule has 1 N–H and O–H groups in total. The molecular formula is C13H20FN3. The Hall–Kier alpha value is -1.16. The second-order valence-corrected chi connectivity index (χ2v) is 4.60. The highest BCUT2D eigenvalue weighted by Crippen LogP contribution is 2.16. The first-order chi connectivity index (χ1) is 8.28. The van der Waals surface area contributed by atoms with Crippen LogP contribution in [0.25, 0.3) is 0 Å². The summed E-state index contributed by atoms with van der Waals surface area (Å²) in [5.74, 6) is -0.279. The Balaban J connectivity index is 1.90. The molecular weight excluding hydrogens is 217 g/mol. The van der Waals surface area contributed by atoms with E-state index in [-0.39, 0.29) is 5.82 Å². The molecule has 1 aromatic heterocycles. The summed E-state index contributed by atoms with van der Waals surface area (Å²) >= 11 is 0. The van der Waals surface area contributed by atoms with Crippen molar-refractivity contribution >= 4 is 5.69 Å². The van der Waals surface area contributed by atoms with Crippen molar-refractivity contribution < 1.29 is 4.39 Å². The SMILES string of the molecule is CCN1CCCC(Nc2cncc(F)c2)CC1. The van der Waals surface area contributed by atoms with Gasteiger partial charge >= 0.3 is 0 Å². The number of hydrogen-bond acceptors (Lipinski definition) is 3. The second-order valence-electron chi connectivity index (χ2n) is 4.60. The lowest BCUT2D eigenvalue weighted by atomic mass is 10.1. The molecule has 0 aliphatic carbocycles. The van der Waals surface area contributed by atoms with Gasteiger partial charge in [0, 0.05) is 18.7 Å². The number of rotatable bonds is 3. The summed E-state index contributed by atoms with van der Waals surface area (Å²) in [6, 6.07) is 1.95. The molecule has 0 spiro atoms. The Morgan fingerprint density at radius 2 is 2.29 bits per heavy atom. The highest BCUT2D eigenvalue weighted by molar-refractivity contribution is 5.41. The Morgan fingerprint density at radius 1 is 1.41 bits per heavy atom. The quantitative estimate of drug-likeness (QED) is 0.875. The number of nitrogens with zero attached hydrogens (tertiary/aromatic N) is 2. The molecule has 1 aromatic rings. The molecule has 0 amide bonds. The van der Waals surface area contributed by atoms with Gasteiger partial charge in [0.2, 0.25) is 0 Å². The van der Waals surface area contributed by atoms with Gasteiger partial charge in [-0.05, 0) is 32.4 Å². The van der Waals surface area contributed by atoms with Crippen LogP contribution < -0.4 is 5.32 Å². The minimum Gasteiger partial charge on any atom is -0.381 e. The van der Waals surface area contributed by atoms with Gasteiger partial charge in [-0.3, -0.25) is 4.98 Å². The van der Waals surface area contributed by atoms with E-state index < -0.39 is 0 Å². The number of halogens is 1. The molecule has 94 valence electrons. The molecule has 2 heterocycles. The summed E-state index contributed by atoms with van der Waals surface area (Å²) in [6.07, 6.45) is 6.38. The van der Waals surface area contributed by atoms with Crippen molar-refractivity contribution in [2.24, 2.45) is 0 Å². The summed E-state index contributed by atoms with van der Waals surface area (Å²) in [5.41, 5.74) is 0.792. The van der Waals surface area contributed by atoms with Crippen LogP contribution in [0.4, 0.5) is 10.1 Å². The molecule has 0 aromatic carbocycles. The van der Waals surface area contributed by atoms with Gasteiger partial charge in [-0.1, -0.05) is 6.92 Å². The molecule has 1 aliphatic rings. The van der Waals surface area contributed by atoms with Crippen LogP contribution in [0, 0.1) is 5.82 Å². The van der Waals surface area contributed by atoms with Crippen LogP contribution in [-0.2, 0) is 0 Å². The highest BCUT2D eigenvalue weighted by atomic mass is 19.1. The lowest BCUT2D eigenvalue weighted by Gasteiger charge is -2.19. The van der Waals surface area contributed by atoms with Crippen LogP contribution in [0.3, 0.4) is 0 Å². The van der Waals surface area contributed by atoms with Crippen molar-refractivity contribution in [1.82, 2.24) is 9.88 Å². The zero-order chi connectivity index (χ0) is 12.1. The molecule has 1 aliphatic heterocycles. The molecule has 0 radical (unpaired) electrons. The van der Waals surface area contributed by atoms with E-state index in [1.54, 1.807) is 6.20 Å². The number of nitrogens with one attached hydrogen (secondary N) is 1. The van der Waals surface area contributed by atoms with E-state index in [4.69, 9.17) is 0 Å². The first-order valence-electron chi connectivity index (χ1n) is 6.37. The highest BCUT2D eigenvalue weighted by Gasteiger charge is 2.15. The summed E-state index contributed by atoms with van der Waals surface area (Å²) in [7, 11) is 0. The molecule has 2 rings (SSSR count). The fourth-order valence-electron chi connectivity index (χ4n) is 2.34. The smallest absolute Gasteiger partial charge is 0.143 e. The van der Waals surface area contributed by atoms with E-state index in [1.807, 2.05) is 0 Å². The van der Waals surface area contributed by atoms with Crippen molar-refractivity contribution in [1.29, 1.82) is 0 Å². The number of likely N-dealkylation sites (tertiary alicyclic amines) is 1. The first kappa shape index (κ1) is 12.3. The van der Waals surface area contributed by atoms with Gasteiger partial charge in [-0.15, -0.1) is 0 Å². The lowest BCUT2D eigenvalue weighted by molar-refractivity contribution is 0.300. The van der Waals surface area contributed by atoms with Crippen molar-refractivity contribution in [3.63, 3.8) is 0 Å². The van der Waals surface area contributed by atoms with E-state index in [0.717, 1.165) is 31.6 Å². The molecule has 0 bridgehead atoms. The minimum absolute atomic E-state index is 0.279.